The van der Waals surface area contributed by atoms with E-state index in [-0.39, 0.29) is 47.4 Å². The summed E-state index contributed by atoms with van der Waals surface area (Å²) in [6.07, 6.45) is 6.60. The molecule has 8 heterocycles. The van der Waals surface area contributed by atoms with Gasteiger partial charge in [0.05, 0.1) is 50.7 Å². The summed E-state index contributed by atoms with van der Waals surface area (Å²) in [4.78, 5) is 79.3. The molecule has 0 saturated heterocycles. The smallest absolute Gasteiger partial charge is 0.312 e. The molecule has 15 nitrogen and oxygen atoms in total. The molecule has 0 aliphatic carbocycles. The maximum atomic E-state index is 12.7. The highest BCUT2D eigenvalue weighted by Crippen LogP contribution is 2.30. The van der Waals surface area contributed by atoms with Gasteiger partial charge in [-0.15, -0.1) is 24.0 Å². The zero-order valence-corrected chi connectivity index (χ0v) is 36.8. The first-order valence-corrected chi connectivity index (χ1v) is 19.9. The number of H-pyrrole nitrogens is 2. The van der Waals surface area contributed by atoms with Crippen molar-refractivity contribution >= 4 is 93.1 Å². The van der Waals surface area contributed by atoms with E-state index in [1.54, 1.807) is 71.7 Å². The molecule has 0 amide bonds. The molecule has 0 fully saturated rings. The maximum Gasteiger partial charge on any atom is 0.330 e. The highest BCUT2D eigenvalue weighted by molar-refractivity contribution is 6.33. The van der Waals surface area contributed by atoms with Gasteiger partial charge in [-0.3, -0.25) is 38.7 Å². The molecule has 0 atom stereocenters. The summed E-state index contributed by atoms with van der Waals surface area (Å²) in [6.45, 7) is 7.65. The van der Waals surface area contributed by atoms with Crippen LogP contribution in [-0.2, 0) is 18.8 Å². The molecule has 0 saturated carbocycles. The Balaban J connectivity index is 0.000000192. The van der Waals surface area contributed by atoms with Crippen LogP contribution in [0, 0.1) is 0 Å². The molecule has 7 aromatic rings. The van der Waals surface area contributed by atoms with E-state index in [1.165, 1.54) is 15.3 Å². The van der Waals surface area contributed by atoms with Gasteiger partial charge in [0.2, 0.25) is 0 Å². The Morgan fingerprint density at radius 3 is 1.78 bits per heavy atom. The van der Waals surface area contributed by atoms with Crippen molar-refractivity contribution in [2.75, 3.05) is 0 Å². The molecule has 21 heteroatoms. The second kappa shape index (κ2) is 19.9. The fourth-order valence-corrected chi connectivity index (χ4v) is 6.93. The summed E-state index contributed by atoms with van der Waals surface area (Å²) >= 11 is 29.3. The van der Waals surface area contributed by atoms with Crippen molar-refractivity contribution in [3.8, 4) is 11.4 Å². The number of fused-ring (bicyclic) bond motifs is 2. The van der Waals surface area contributed by atoms with E-state index in [1.807, 2.05) is 27.7 Å². The Kier molecular flexibility index (Phi) is 15.3. The van der Waals surface area contributed by atoms with Gasteiger partial charge in [0.25, 0.3) is 11.1 Å². The minimum absolute atomic E-state index is 0. The third-order valence-electron chi connectivity index (χ3n) is 8.77. The monoisotopic (exact) mass is 931 g/mol. The molecule has 1 aliphatic rings. The van der Waals surface area contributed by atoms with Gasteiger partial charge in [0.1, 0.15) is 21.9 Å². The van der Waals surface area contributed by atoms with Crippen molar-refractivity contribution in [1.82, 2.24) is 48.6 Å². The zero-order chi connectivity index (χ0) is 42.5. The fourth-order valence-electron chi connectivity index (χ4n) is 6.11. The number of hydrogen-bond donors (Lipinski definition) is 2. The topological polar surface area (TPSA) is 191 Å². The zero-order valence-electron chi connectivity index (χ0n) is 32.2. The summed E-state index contributed by atoms with van der Waals surface area (Å²) in [5, 5.41) is 1.72. The predicted octanol–water partition coefficient (Wildman–Crippen LogP) is 8.02. The molecule has 0 aromatic carbocycles. The molecule has 0 unspecified atom stereocenters. The second-order valence-corrected chi connectivity index (χ2v) is 15.3. The van der Waals surface area contributed by atoms with E-state index in [2.05, 4.69) is 39.9 Å². The second-order valence-electron chi connectivity index (χ2n) is 13.4. The lowest BCUT2D eigenvalue weighted by Crippen LogP contribution is -2.32. The van der Waals surface area contributed by atoms with Crippen LogP contribution in [0.25, 0.3) is 22.6 Å². The number of pyridine rings is 4. The van der Waals surface area contributed by atoms with Crippen LogP contribution in [0.15, 0.2) is 97.5 Å². The average molecular weight is 934 g/mol. The van der Waals surface area contributed by atoms with Gasteiger partial charge in [0.15, 0.2) is 11.2 Å². The van der Waals surface area contributed by atoms with Crippen molar-refractivity contribution in [1.29, 1.82) is 0 Å². The Morgan fingerprint density at radius 2 is 1.25 bits per heavy atom. The first kappa shape index (κ1) is 45.9. The van der Waals surface area contributed by atoms with E-state index in [9.17, 15) is 19.2 Å². The SMILES string of the molecule is CC(C)n1c(=O)[nH]c(=O)c2c1nc(-c1cccnc1Cl)n2Cc1ccc(Cl)cn1.CC(C)n1c2c(c(=O)[nH]c1=O)CC(c1cccnc1Cl)=N2.Cl.ClCc1ccc(Cl)cn1. The van der Waals surface area contributed by atoms with E-state index >= 15 is 0 Å². The summed E-state index contributed by atoms with van der Waals surface area (Å²) in [5.41, 5.74) is 2.50. The Morgan fingerprint density at radius 1 is 0.700 bits per heavy atom. The lowest BCUT2D eigenvalue weighted by Gasteiger charge is -2.12. The van der Waals surface area contributed by atoms with Crippen molar-refractivity contribution in [3.63, 3.8) is 0 Å². The molecule has 312 valence electrons. The van der Waals surface area contributed by atoms with Gasteiger partial charge in [-0.2, -0.15) is 0 Å². The molecule has 60 heavy (non-hydrogen) atoms. The summed E-state index contributed by atoms with van der Waals surface area (Å²) in [7, 11) is 0. The van der Waals surface area contributed by atoms with Gasteiger partial charge in [-0.25, -0.2) is 29.5 Å². The van der Waals surface area contributed by atoms with Crippen LogP contribution < -0.4 is 22.5 Å². The minimum Gasteiger partial charge on any atom is -0.312 e. The highest BCUT2D eigenvalue weighted by atomic mass is 35.5. The number of hydrogen-bond acceptors (Lipinski definition) is 10. The Hall–Kier alpha value is -5.16. The molecule has 2 N–H and O–H groups in total. The molecular weight excluding hydrogens is 899 g/mol. The van der Waals surface area contributed by atoms with Crippen LogP contribution in [0.5, 0.6) is 0 Å². The summed E-state index contributed by atoms with van der Waals surface area (Å²) < 4.78 is 4.61. The summed E-state index contributed by atoms with van der Waals surface area (Å²) in [5.74, 6) is 1.27. The fraction of sp³-hybridized carbons (Fsp3) is 0.231. The molecule has 7 aromatic heterocycles. The van der Waals surface area contributed by atoms with E-state index in [0.717, 1.165) is 5.69 Å². The number of alkyl halides is 1. The van der Waals surface area contributed by atoms with Gasteiger partial charge in [-0.1, -0.05) is 46.4 Å². The molecule has 8 rings (SSSR count). The van der Waals surface area contributed by atoms with E-state index in [0.29, 0.717) is 67.2 Å². The number of rotatable bonds is 7. The van der Waals surface area contributed by atoms with Crippen LogP contribution in [-0.4, -0.2) is 54.3 Å². The molecule has 1 aliphatic heterocycles. The standard InChI is InChI=1S/C19H16Cl2N6O2.C14H13ClN4O2.C6H5Cl2N.ClH/c1-10(2)27-17-14(18(28)25-19(27)29)26(9-12-6-5-11(20)8-23-12)16(24-17)13-4-3-7-22-15(13)21;1-7(2)19-12-9(13(20)18-14(19)21)6-10(17-12)8-4-3-5-16-11(8)15;7-3-6-2-1-5(8)4-9-6;/h3-8,10H,9H2,1-2H3,(H,25,28,29);3-5,7H,6H2,1-2H3,(H,18,20,21);1-2,4H,3H2;1H. The van der Waals surface area contributed by atoms with Crippen LogP contribution in [0.1, 0.15) is 62.3 Å². The van der Waals surface area contributed by atoms with Gasteiger partial charge in [-0.05, 0) is 76.2 Å². The van der Waals surface area contributed by atoms with E-state index < -0.39 is 22.5 Å². The predicted molar refractivity (Wildman–Crippen MR) is 238 cm³/mol. The van der Waals surface area contributed by atoms with Crippen molar-refractivity contribution in [2.24, 2.45) is 4.99 Å². The van der Waals surface area contributed by atoms with Crippen molar-refractivity contribution in [2.45, 2.75) is 58.6 Å². The van der Waals surface area contributed by atoms with Gasteiger partial charge in [0, 0.05) is 48.9 Å². The summed E-state index contributed by atoms with van der Waals surface area (Å²) in [6, 6.07) is 13.8. The maximum absolute atomic E-state index is 12.7. The number of aromatic nitrogens is 10. The molecule has 0 radical (unpaired) electrons. The Bertz CT molecular complexity index is 2920. The first-order chi connectivity index (χ1) is 28.2. The van der Waals surface area contributed by atoms with Crippen LogP contribution >= 0.6 is 70.4 Å². The molecule has 0 spiro atoms. The normalized spacial score (nSPS) is 11.7. The highest BCUT2D eigenvalue weighted by Gasteiger charge is 2.26. The van der Waals surface area contributed by atoms with Crippen LogP contribution in [0.2, 0.25) is 20.4 Å². The number of halogens is 6. The number of aliphatic imine (C=N–C) groups is 1. The first-order valence-electron chi connectivity index (χ1n) is 17.9. The lowest BCUT2D eigenvalue weighted by atomic mass is 10.1. The largest absolute Gasteiger partial charge is 0.330 e. The third kappa shape index (κ3) is 10.1. The number of aromatic amines is 2. The Labute approximate surface area is 372 Å². The molecular formula is C39H35Cl6N11O4. The quantitative estimate of drug-likeness (QED) is 0.118. The lowest BCUT2D eigenvalue weighted by molar-refractivity contribution is 0.565. The average Bonchev–Trinajstić information content (AvgIpc) is 3.79. The van der Waals surface area contributed by atoms with Gasteiger partial charge < -0.3 is 4.57 Å². The van der Waals surface area contributed by atoms with Crippen LogP contribution in [0.4, 0.5) is 5.82 Å². The number of nitrogens with zero attached hydrogens (tertiary/aromatic N) is 9. The van der Waals surface area contributed by atoms with Crippen LogP contribution in [0.3, 0.4) is 0 Å². The van der Waals surface area contributed by atoms with Crippen molar-refractivity contribution in [3.05, 3.63) is 158 Å². The third-order valence-corrected chi connectivity index (χ3v) is 10.1. The number of imidazole rings is 1. The minimum atomic E-state index is -0.533. The van der Waals surface area contributed by atoms with Crippen molar-refractivity contribution < 1.29 is 0 Å². The number of nitrogens with one attached hydrogen (secondary N) is 2. The molecule has 0 bridgehead atoms. The van der Waals surface area contributed by atoms with E-state index in [4.69, 9.17) is 58.0 Å². The van der Waals surface area contributed by atoms with Gasteiger partial charge >= 0.3 is 11.4 Å².